The Morgan fingerprint density at radius 2 is 2.12 bits per heavy atom. The van der Waals surface area contributed by atoms with E-state index in [1.54, 1.807) is 0 Å². The van der Waals surface area contributed by atoms with Crippen molar-refractivity contribution in [3.63, 3.8) is 0 Å². The predicted molar refractivity (Wildman–Crippen MR) is 70.8 cm³/mol. The van der Waals surface area contributed by atoms with E-state index in [9.17, 15) is 4.79 Å². The normalized spacial score (nSPS) is 14.7. The summed E-state index contributed by atoms with van der Waals surface area (Å²) in [7, 11) is 0. The van der Waals surface area contributed by atoms with E-state index in [4.69, 9.17) is 10.5 Å². The minimum absolute atomic E-state index is 0.0679. The van der Waals surface area contributed by atoms with Gasteiger partial charge in [-0.3, -0.25) is 4.79 Å². The van der Waals surface area contributed by atoms with Crippen molar-refractivity contribution in [2.75, 3.05) is 19.8 Å². The molecule has 1 unspecified atom stereocenters. The Bertz CT molecular complexity index is 219. The zero-order chi connectivity index (χ0) is 13.3. The number of ether oxygens (including phenoxy) is 1. The zero-order valence-corrected chi connectivity index (χ0v) is 11.7. The van der Waals surface area contributed by atoms with Crippen molar-refractivity contribution in [3.8, 4) is 0 Å². The number of hydrogen-bond acceptors (Lipinski definition) is 3. The van der Waals surface area contributed by atoms with Gasteiger partial charge in [-0.2, -0.15) is 0 Å². The molecule has 1 atom stereocenters. The number of rotatable bonds is 9. The van der Waals surface area contributed by atoms with Crippen LogP contribution in [0, 0.1) is 5.92 Å². The maximum atomic E-state index is 11.7. The van der Waals surface area contributed by atoms with Crippen LogP contribution in [0.4, 0.5) is 0 Å². The summed E-state index contributed by atoms with van der Waals surface area (Å²) >= 11 is 0. The molecule has 0 aliphatic carbocycles. The van der Waals surface area contributed by atoms with E-state index in [1.165, 1.54) is 0 Å². The molecule has 0 radical (unpaired) electrons. The average Bonchev–Trinajstić information content (AvgIpc) is 2.23. The van der Waals surface area contributed by atoms with Gasteiger partial charge < -0.3 is 15.8 Å². The Labute approximate surface area is 105 Å². The maximum absolute atomic E-state index is 11.7. The van der Waals surface area contributed by atoms with Gasteiger partial charge in [0, 0.05) is 31.7 Å². The molecule has 0 aromatic rings. The highest BCUT2D eigenvalue weighted by atomic mass is 16.5. The van der Waals surface area contributed by atoms with E-state index in [-0.39, 0.29) is 11.4 Å². The number of amides is 1. The Morgan fingerprint density at radius 3 is 2.59 bits per heavy atom. The van der Waals surface area contributed by atoms with Crippen LogP contribution >= 0.6 is 0 Å². The number of nitrogens with two attached hydrogens (primary N) is 1. The highest BCUT2D eigenvalue weighted by Gasteiger charge is 2.25. The molecular formula is C13H28N2O2. The molecule has 3 N–H and O–H groups in total. The summed E-state index contributed by atoms with van der Waals surface area (Å²) < 4.78 is 5.20. The molecule has 0 saturated heterocycles. The topological polar surface area (TPSA) is 64.3 Å². The lowest BCUT2D eigenvalue weighted by Crippen LogP contribution is -2.52. The molecule has 4 nitrogen and oxygen atoms in total. The fourth-order valence-corrected chi connectivity index (χ4v) is 1.96. The second-order valence-electron chi connectivity index (χ2n) is 5.21. The van der Waals surface area contributed by atoms with Crippen LogP contribution in [0.15, 0.2) is 0 Å². The van der Waals surface area contributed by atoms with Crippen molar-refractivity contribution in [1.82, 2.24) is 5.32 Å². The lowest BCUT2D eigenvalue weighted by Gasteiger charge is -2.31. The van der Waals surface area contributed by atoms with Gasteiger partial charge in [0.2, 0.25) is 5.91 Å². The quantitative estimate of drug-likeness (QED) is 0.607. The van der Waals surface area contributed by atoms with Crippen LogP contribution in [-0.4, -0.2) is 31.2 Å². The summed E-state index contributed by atoms with van der Waals surface area (Å²) in [4.78, 5) is 11.7. The molecule has 0 bridgehead atoms. The number of carbonyl (C=O) groups is 1. The first-order chi connectivity index (χ1) is 7.93. The van der Waals surface area contributed by atoms with Crippen molar-refractivity contribution >= 4 is 5.91 Å². The van der Waals surface area contributed by atoms with Gasteiger partial charge in [-0.1, -0.05) is 13.8 Å². The van der Waals surface area contributed by atoms with Gasteiger partial charge in [-0.25, -0.2) is 0 Å². The van der Waals surface area contributed by atoms with Crippen molar-refractivity contribution in [3.05, 3.63) is 0 Å². The van der Waals surface area contributed by atoms with Gasteiger partial charge in [-0.15, -0.1) is 0 Å². The molecule has 4 heteroatoms. The maximum Gasteiger partial charge on any atom is 0.220 e. The van der Waals surface area contributed by atoms with E-state index < -0.39 is 0 Å². The molecule has 0 heterocycles. The summed E-state index contributed by atoms with van der Waals surface area (Å²) in [5.74, 6) is 0.588. The lowest BCUT2D eigenvalue weighted by molar-refractivity contribution is -0.123. The molecule has 0 spiro atoms. The number of nitrogens with one attached hydrogen (secondary N) is 1. The molecule has 1 amide bonds. The van der Waals surface area contributed by atoms with Crippen LogP contribution in [-0.2, 0) is 9.53 Å². The standard InChI is InChI=1S/C13H28N2O2/c1-5-17-8-6-7-12(16)15-13(4,10-14)9-11(2)3/h11H,5-10,14H2,1-4H3,(H,15,16). The van der Waals surface area contributed by atoms with E-state index in [0.717, 1.165) is 12.8 Å². The molecule has 0 aromatic carbocycles. The van der Waals surface area contributed by atoms with Gasteiger partial charge in [0.15, 0.2) is 0 Å². The Hall–Kier alpha value is -0.610. The lowest BCUT2D eigenvalue weighted by atomic mass is 9.90. The van der Waals surface area contributed by atoms with Crippen LogP contribution in [0.1, 0.15) is 47.0 Å². The van der Waals surface area contributed by atoms with Crippen LogP contribution < -0.4 is 11.1 Å². The molecule has 17 heavy (non-hydrogen) atoms. The summed E-state index contributed by atoms with van der Waals surface area (Å²) in [6.45, 7) is 10.1. The van der Waals surface area contributed by atoms with Crippen molar-refractivity contribution in [2.45, 2.75) is 52.5 Å². The molecule has 0 rings (SSSR count). The fourth-order valence-electron chi connectivity index (χ4n) is 1.96. The van der Waals surface area contributed by atoms with Crippen LogP contribution in [0.3, 0.4) is 0 Å². The van der Waals surface area contributed by atoms with Gasteiger partial charge in [0.1, 0.15) is 0 Å². The Balaban J connectivity index is 3.97. The second kappa shape index (κ2) is 8.48. The third-order valence-corrected chi connectivity index (χ3v) is 2.65. The summed E-state index contributed by atoms with van der Waals surface area (Å²) in [5, 5.41) is 3.03. The zero-order valence-electron chi connectivity index (χ0n) is 11.7. The van der Waals surface area contributed by atoms with Crippen LogP contribution in [0.25, 0.3) is 0 Å². The van der Waals surface area contributed by atoms with Crippen molar-refractivity contribution < 1.29 is 9.53 Å². The first kappa shape index (κ1) is 16.4. The molecule has 0 aromatic heterocycles. The van der Waals surface area contributed by atoms with Crippen LogP contribution in [0.2, 0.25) is 0 Å². The summed E-state index contributed by atoms with van der Waals surface area (Å²) in [5.41, 5.74) is 5.46. The fraction of sp³-hybridized carbons (Fsp3) is 0.923. The SMILES string of the molecule is CCOCCCC(=O)NC(C)(CN)CC(C)C. The minimum Gasteiger partial charge on any atom is -0.382 e. The largest absolute Gasteiger partial charge is 0.382 e. The summed E-state index contributed by atoms with van der Waals surface area (Å²) in [6.07, 6.45) is 2.18. The van der Waals surface area contributed by atoms with Gasteiger partial charge in [-0.05, 0) is 32.6 Å². The average molecular weight is 244 g/mol. The number of carbonyl (C=O) groups excluding carboxylic acids is 1. The van der Waals surface area contributed by atoms with Crippen molar-refractivity contribution in [1.29, 1.82) is 0 Å². The molecular weight excluding hydrogens is 216 g/mol. The van der Waals surface area contributed by atoms with Crippen LogP contribution in [0.5, 0.6) is 0 Å². The van der Waals surface area contributed by atoms with Gasteiger partial charge >= 0.3 is 0 Å². The third-order valence-electron chi connectivity index (χ3n) is 2.65. The predicted octanol–water partition coefficient (Wildman–Crippen LogP) is 1.68. The molecule has 0 fully saturated rings. The van der Waals surface area contributed by atoms with E-state index in [0.29, 0.717) is 32.1 Å². The highest BCUT2D eigenvalue weighted by Crippen LogP contribution is 2.15. The smallest absolute Gasteiger partial charge is 0.220 e. The first-order valence-electron chi connectivity index (χ1n) is 6.52. The first-order valence-corrected chi connectivity index (χ1v) is 6.52. The number of hydrogen-bond donors (Lipinski definition) is 2. The van der Waals surface area contributed by atoms with Crippen molar-refractivity contribution in [2.24, 2.45) is 11.7 Å². The van der Waals surface area contributed by atoms with E-state index >= 15 is 0 Å². The minimum atomic E-state index is -0.281. The molecule has 0 saturated carbocycles. The second-order valence-corrected chi connectivity index (χ2v) is 5.21. The third kappa shape index (κ3) is 8.16. The highest BCUT2D eigenvalue weighted by molar-refractivity contribution is 5.76. The molecule has 102 valence electrons. The Kier molecular flexibility index (Phi) is 8.17. The summed E-state index contributed by atoms with van der Waals surface area (Å²) in [6, 6.07) is 0. The van der Waals surface area contributed by atoms with Gasteiger partial charge in [0.25, 0.3) is 0 Å². The molecule has 0 aliphatic rings. The van der Waals surface area contributed by atoms with E-state index in [2.05, 4.69) is 19.2 Å². The van der Waals surface area contributed by atoms with Gasteiger partial charge in [0.05, 0.1) is 0 Å². The Morgan fingerprint density at radius 1 is 1.47 bits per heavy atom. The monoisotopic (exact) mass is 244 g/mol. The van der Waals surface area contributed by atoms with E-state index in [1.807, 2.05) is 13.8 Å². The molecule has 0 aliphatic heterocycles.